The topological polar surface area (TPSA) is 84.2 Å². The number of anilines is 1. The van der Waals surface area contributed by atoms with Crippen molar-refractivity contribution in [3.63, 3.8) is 0 Å². The summed E-state index contributed by atoms with van der Waals surface area (Å²) in [5, 5.41) is 11.1. The molecule has 1 amide bonds. The maximum atomic E-state index is 13.5. The molecule has 0 fully saturated rings. The van der Waals surface area contributed by atoms with Crippen molar-refractivity contribution >= 4 is 23.6 Å². The van der Waals surface area contributed by atoms with Crippen molar-refractivity contribution in [2.45, 2.75) is 0 Å². The number of carbonyl (C=O) groups is 2. The van der Waals surface area contributed by atoms with Gasteiger partial charge in [-0.1, -0.05) is 0 Å². The molecule has 1 aromatic heterocycles. The van der Waals surface area contributed by atoms with Crippen molar-refractivity contribution in [2.75, 3.05) is 5.32 Å². The van der Waals surface area contributed by atoms with Crippen LogP contribution in [0.15, 0.2) is 36.8 Å². The first-order valence-electron chi connectivity index (χ1n) is 5.95. The molecule has 108 valence electrons. The molecular weight excluding hydrogens is 277 g/mol. The zero-order valence-corrected chi connectivity index (χ0v) is 11.1. The highest BCUT2D eigenvalue weighted by molar-refractivity contribution is 6.03. The minimum Gasteiger partial charge on any atom is -0.478 e. The first-order valence-corrected chi connectivity index (χ1v) is 5.95. The zero-order valence-electron chi connectivity index (χ0n) is 11.1. The largest absolute Gasteiger partial charge is 0.478 e. The van der Waals surface area contributed by atoms with Crippen molar-refractivity contribution in [2.24, 2.45) is 7.05 Å². The lowest BCUT2D eigenvalue weighted by Crippen LogP contribution is -2.15. The standard InChI is InChI=1S/C14H12FN3O3/c1-18-8-16-7-12(18)14(21)17-10-3-4-11(15)9(6-10)2-5-13(19)20/h2-8H,1H3,(H,17,21)(H,19,20)/b5-2+. The summed E-state index contributed by atoms with van der Waals surface area (Å²) in [5.74, 6) is -2.15. The van der Waals surface area contributed by atoms with Crippen LogP contribution in [0.1, 0.15) is 16.1 Å². The Kier molecular flexibility index (Phi) is 4.13. The van der Waals surface area contributed by atoms with Crippen LogP contribution in [0.5, 0.6) is 0 Å². The highest BCUT2D eigenvalue weighted by Gasteiger charge is 2.11. The Balaban J connectivity index is 2.21. The number of nitrogens with one attached hydrogen (secondary N) is 1. The van der Waals surface area contributed by atoms with Gasteiger partial charge in [-0.05, 0) is 24.3 Å². The fraction of sp³-hybridized carbons (Fsp3) is 0.0714. The van der Waals surface area contributed by atoms with E-state index in [-0.39, 0.29) is 5.56 Å². The Bertz CT molecular complexity index is 722. The molecule has 0 aliphatic rings. The van der Waals surface area contributed by atoms with Gasteiger partial charge in [-0.15, -0.1) is 0 Å². The molecule has 0 atom stereocenters. The molecule has 0 bridgehead atoms. The number of hydrogen-bond donors (Lipinski definition) is 2. The van der Waals surface area contributed by atoms with Crippen LogP contribution in [0.4, 0.5) is 10.1 Å². The molecule has 0 saturated heterocycles. The number of imidazole rings is 1. The summed E-state index contributed by atoms with van der Waals surface area (Å²) in [7, 11) is 1.67. The smallest absolute Gasteiger partial charge is 0.328 e. The predicted molar refractivity (Wildman–Crippen MR) is 74.2 cm³/mol. The lowest BCUT2D eigenvalue weighted by Gasteiger charge is -2.07. The number of benzene rings is 1. The van der Waals surface area contributed by atoms with Crippen LogP contribution in [0.3, 0.4) is 0 Å². The Morgan fingerprint density at radius 2 is 2.19 bits per heavy atom. The number of aryl methyl sites for hydroxylation is 1. The van der Waals surface area contributed by atoms with Gasteiger partial charge in [0.05, 0.1) is 12.5 Å². The van der Waals surface area contributed by atoms with E-state index in [2.05, 4.69) is 10.3 Å². The number of nitrogens with zero attached hydrogens (tertiary/aromatic N) is 2. The lowest BCUT2D eigenvalue weighted by molar-refractivity contribution is -0.131. The van der Waals surface area contributed by atoms with E-state index in [0.717, 1.165) is 18.2 Å². The first-order chi connectivity index (χ1) is 9.97. The van der Waals surface area contributed by atoms with Crippen molar-refractivity contribution in [3.8, 4) is 0 Å². The van der Waals surface area contributed by atoms with Crippen LogP contribution >= 0.6 is 0 Å². The molecule has 1 heterocycles. The maximum absolute atomic E-state index is 13.5. The van der Waals surface area contributed by atoms with Crippen LogP contribution in [0.25, 0.3) is 6.08 Å². The third kappa shape index (κ3) is 3.53. The van der Waals surface area contributed by atoms with Gasteiger partial charge in [0, 0.05) is 24.4 Å². The zero-order chi connectivity index (χ0) is 15.4. The number of carboxylic acids is 1. The second kappa shape index (κ2) is 6.00. The molecule has 1 aromatic carbocycles. The fourth-order valence-corrected chi connectivity index (χ4v) is 1.68. The van der Waals surface area contributed by atoms with Gasteiger partial charge in [0.15, 0.2) is 0 Å². The number of carboxylic acid groups (broad SMARTS) is 1. The second-order valence-electron chi connectivity index (χ2n) is 4.25. The monoisotopic (exact) mass is 289 g/mol. The number of halogens is 1. The van der Waals surface area contributed by atoms with Crippen molar-refractivity contribution in [1.82, 2.24) is 9.55 Å². The van der Waals surface area contributed by atoms with E-state index in [1.165, 1.54) is 24.7 Å². The molecular formula is C14H12FN3O3. The van der Waals surface area contributed by atoms with Gasteiger partial charge in [-0.25, -0.2) is 14.2 Å². The summed E-state index contributed by atoms with van der Waals surface area (Å²) in [6.07, 6.45) is 4.84. The summed E-state index contributed by atoms with van der Waals surface area (Å²) in [6.45, 7) is 0. The Morgan fingerprint density at radius 1 is 1.43 bits per heavy atom. The normalized spacial score (nSPS) is 10.8. The van der Waals surface area contributed by atoms with Crippen LogP contribution in [-0.2, 0) is 11.8 Å². The van der Waals surface area contributed by atoms with E-state index >= 15 is 0 Å². The Hall–Kier alpha value is -2.96. The summed E-state index contributed by atoms with van der Waals surface area (Å²) < 4.78 is 15.1. The maximum Gasteiger partial charge on any atom is 0.328 e. The molecule has 21 heavy (non-hydrogen) atoms. The molecule has 7 heteroatoms. The third-order valence-electron chi connectivity index (χ3n) is 2.71. The minimum absolute atomic E-state index is 0.0696. The SMILES string of the molecule is Cn1cncc1C(=O)Nc1ccc(F)c(/C=C/C(=O)O)c1. The Labute approximate surface area is 119 Å². The molecule has 2 aromatic rings. The number of hydrogen-bond acceptors (Lipinski definition) is 3. The number of carbonyl (C=O) groups excluding carboxylic acids is 1. The first kappa shape index (κ1) is 14.4. The second-order valence-corrected chi connectivity index (χ2v) is 4.25. The van der Waals surface area contributed by atoms with E-state index in [1.54, 1.807) is 11.6 Å². The summed E-state index contributed by atoms with van der Waals surface area (Å²) in [6, 6.07) is 3.89. The average molecular weight is 289 g/mol. The van der Waals surface area contributed by atoms with Gasteiger partial charge in [-0.3, -0.25) is 4.79 Å². The van der Waals surface area contributed by atoms with Gasteiger partial charge in [0.25, 0.3) is 5.91 Å². The van der Waals surface area contributed by atoms with Crippen LogP contribution in [0, 0.1) is 5.82 Å². The van der Waals surface area contributed by atoms with Crippen molar-refractivity contribution < 1.29 is 19.1 Å². The molecule has 2 N–H and O–H groups in total. The summed E-state index contributed by atoms with van der Waals surface area (Å²) in [5.41, 5.74) is 0.773. The van der Waals surface area contributed by atoms with E-state index in [4.69, 9.17) is 5.11 Å². The highest BCUT2D eigenvalue weighted by Crippen LogP contribution is 2.17. The lowest BCUT2D eigenvalue weighted by atomic mass is 10.1. The van der Waals surface area contributed by atoms with E-state index in [9.17, 15) is 14.0 Å². The molecule has 0 spiro atoms. The van der Waals surface area contributed by atoms with E-state index in [0.29, 0.717) is 11.4 Å². The van der Waals surface area contributed by atoms with Gasteiger partial charge >= 0.3 is 5.97 Å². The predicted octanol–water partition coefficient (Wildman–Crippen LogP) is 1.91. The van der Waals surface area contributed by atoms with Gasteiger partial charge in [0.2, 0.25) is 0 Å². The summed E-state index contributed by atoms with van der Waals surface area (Å²) in [4.78, 5) is 26.3. The molecule has 0 aliphatic heterocycles. The number of amides is 1. The molecule has 0 saturated carbocycles. The van der Waals surface area contributed by atoms with Crippen LogP contribution < -0.4 is 5.32 Å². The van der Waals surface area contributed by atoms with Gasteiger partial charge in [0.1, 0.15) is 11.5 Å². The number of aromatic nitrogens is 2. The third-order valence-corrected chi connectivity index (χ3v) is 2.71. The summed E-state index contributed by atoms with van der Waals surface area (Å²) >= 11 is 0. The van der Waals surface area contributed by atoms with Crippen LogP contribution in [0.2, 0.25) is 0 Å². The fourth-order valence-electron chi connectivity index (χ4n) is 1.68. The van der Waals surface area contributed by atoms with Crippen molar-refractivity contribution in [3.05, 3.63) is 53.9 Å². The molecule has 2 rings (SSSR count). The van der Waals surface area contributed by atoms with Crippen molar-refractivity contribution in [1.29, 1.82) is 0 Å². The van der Waals surface area contributed by atoms with Gasteiger partial charge in [-0.2, -0.15) is 0 Å². The van der Waals surface area contributed by atoms with Gasteiger partial charge < -0.3 is 15.0 Å². The highest BCUT2D eigenvalue weighted by atomic mass is 19.1. The van der Waals surface area contributed by atoms with E-state index in [1.807, 2.05) is 0 Å². The quantitative estimate of drug-likeness (QED) is 0.842. The number of aliphatic carboxylic acids is 1. The molecule has 0 unspecified atom stereocenters. The van der Waals surface area contributed by atoms with Crippen LogP contribution in [-0.4, -0.2) is 26.5 Å². The Morgan fingerprint density at radius 3 is 2.81 bits per heavy atom. The average Bonchev–Trinajstić information content (AvgIpc) is 2.85. The molecule has 0 radical (unpaired) electrons. The van der Waals surface area contributed by atoms with E-state index < -0.39 is 17.7 Å². The minimum atomic E-state index is -1.18. The number of rotatable bonds is 4. The molecule has 6 nitrogen and oxygen atoms in total. The molecule has 0 aliphatic carbocycles.